The van der Waals surface area contributed by atoms with E-state index in [0.717, 1.165) is 23.4 Å². The topological polar surface area (TPSA) is 67.9 Å². The molecule has 0 unspecified atom stereocenters. The number of anilines is 1. The largest absolute Gasteiger partial charge is 0.494 e. The average molecular weight is 370 g/mol. The van der Waals surface area contributed by atoms with Crippen LogP contribution in [0.5, 0.6) is 11.5 Å². The number of benzene rings is 2. The number of amides is 2. The normalized spacial score (nSPS) is 10.2. The number of ether oxygens (including phenoxy) is 2. The summed E-state index contributed by atoms with van der Waals surface area (Å²) in [7, 11) is 3.33. The summed E-state index contributed by atoms with van der Waals surface area (Å²) >= 11 is 0. The first kappa shape index (κ1) is 20.3. The molecule has 0 heterocycles. The molecule has 0 spiro atoms. The lowest BCUT2D eigenvalue weighted by Crippen LogP contribution is -2.27. The smallest absolute Gasteiger partial charge is 0.259 e. The molecular weight excluding hydrogens is 344 g/mol. The van der Waals surface area contributed by atoms with Crippen molar-refractivity contribution in [2.75, 3.05) is 32.6 Å². The van der Waals surface area contributed by atoms with Crippen molar-refractivity contribution >= 4 is 17.5 Å². The lowest BCUT2D eigenvalue weighted by Gasteiger charge is -2.13. The third-order valence-corrected chi connectivity index (χ3v) is 3.88. The minimum absolute atomic E-state index is 0.0730. The number of likely N-dealkylation sites (N-methyl/N-ethyl adjacent to an activating group) is 1. The van der Waals surface area contributed by atoms with Crippen LogP contribution < -0.4 is 14.8 Å². The molecule has 144 valence electrons. The lowest BCUT2D eigenvalue weighted by molar-refractivity contribution is -0.130. The molecule has 0 atom stereocenters. The first-order valence-electron chi connectivity index (χ1n) is 8.88. The first-order chi connectivity index (χ1) is 12.9. The lowest BCUT2D eigenvalue weighted by atomic mass is 10.1. The van der Waals surface area contributed by atoms with Gasteiger partial charge in [0.2, 0.25) is 0 Å². The molecule has 0 fully saturated rings. The van der Waals surface area contributed by atoms with Gasteiger partial charge in [0.15, 0.2) is 6.61 Å². The number of hydrogen-bond donors (Lipinski definition) is 1. The zero-order valence-electron chi connectivity index (χ0n) is 16.2. The summed E-state index contributed by atoms with van der Waals surface area (Å²) in [4.78, 5) is 25.6. The van der Waals surface area contributed by atoms with Crippen molar-refractivity contribution in [2.45, 2.75) is 20.3 Å². The summed E-state index contributed by atoms with van der Waals surface area (Å²) in [5.41, 5.74) is 2.09. The van der Waals surface area contributed by atoms with Gasteiger partial charge in [-0.2, -0.15) is 0 Å². The SMILES string of the molecule is CCCOc1ccc(NC(=O)c2cccc(OCC(=O)N(C)C)c2)c(C)c1. The number of rotatable bonds is 8. The van der Waals surface area contributed by atoms with E-state index in [1.54, 1.807) is 38.4 Å². The molecule has 6 heteroatoms. The van der Waals surface area contributed by atoms with Gasteiger partial charge in [0.05, 0.1) is 6.61 Å². The second-order valence-electron chi connectivity index (χ2n) is 6.38. The quantitative estimate of drug-likeness (QED) is 0.772. The summed E-state index contributed by atoms with van der Waals surface area (Å²) in [5, 5.41) is 2.89. The molecule has 0 saturated carbocycles. The maximum absolute atomic E-state index is 12.5. The molecule has 27 heavy (non-hydrogen) atoms. The van der Waals surface area contributed by atoms with Gasteiger partial charge in [-0.25, -0.2) is 0 Å². The number of carbonyl (C=O) groups excluding carboxylic acids is 2. The number of hydrogen-bond acceptors (Lipinski definition) is 4. The molecule has 6 nitrogen and oxygen atoms in total. The minimum atomic E-state index is -0.246. The number of aryl methyl sites for hydroxylation is 1. The Bertz CT molecular complexity index is 803. The molecule has 0 radical (unpaired) electrons. The Kier molecular flexibility index (Phi) is 7.23. The van der Waals surface area contributed by atoms with Crippen molar-refractivity contribution in [1.82, 2.24) is 4.90 Å². The Morgan fingerprint density at radius 3 is 2.44 bits per heavy atom. The van der Waals surface area contributed by atoms with Gasteiger partial charge in [-0.3, -0.25) is 9.59 Å². The van der Waals surface area contributed by atoms with Crippen LogP contribution in [-0.2, 0) is 4.79 Å². The van der Waals surface area contributed by atoms with Crippen molar-refractivity contribution < 1.29 is 19.1 Å². The van der Waals surface area contributed by atoms with E-state index < -0.39 is 0 Å². The molecule has 2 rings (SSSR count). The van der Waals surface area contributed by atoms with Gasteiger partial charge >= 0.3 is 0 Å². The van der Waals surface area contributed by atoms with Gasteiger partial charge in [-0.1, -0.05) is 13.0 Å². The Hall–Kier alpha value is -3.02. The van der Waals surface area contributed by atoms with E-state index in [1.165, 1.54) is 4.90 Å². The predicted molar refractivity (Wildman–Crippen MR) is 106 cm³/mol. The van der Waals surface area contributed by atoms with Crippen molar-refractivity contribution in [3.63, 3.8) is 0 Å². The predicted octanol–water partition coefficient (Wildman–Crippen LogP) is 3.50. The summed E-state index contributed by atoms with van der Waals surface area (Å²) in [6.07, 6.45) is 0.941. The van der Waals surface area contributed by atoms with Crippen LogP contribution >= 0.6 is 0 Å². The number of carbonyl (C=O) groups is 2. The molecule has 0 bridgehead atoms. The van der Waals surface area contributed by atoms with Crippen LogP contribution in [0.25, 0.3) is 0 Å². The monoisotopic (exact) mass is 370 g/mol. The van der Waals surface area contributed by atoms with Crippen molar-refractivity contribution in [2.24, 2.45) is 0 Å². The number of nitrogens with one attached hydrogen (secondary N) is 1. The fourth-order valence-electron chi connectivity index (χ4n) is 2.28. The van der Waals surface area contributed by atoms with Gasteiger partial charge in [0.25, 0.3) is 11.8 Å². The zero-order chi connectivity index (χ0) is 19.8. The summed E-state index contributed by atoms with van der Waals surface area (Å²) < 4.78 is 11.1. The van der Waals surface area contributed by atoms with Crippen LogP contribution in [0, 0.1) is 6.92 Å². The van der Waals surface area contributed by atoms with Gasteiger partial charge < -0.3 is 19.7 Å². The van der Waals surface area contributed by atoms with Gasteiger partial charge in [0, 0.05) is 25.3 Å². The highest BCUT2D eigenvalue weighted by atomic mass is 16.5. The molecule has 0 saturated heterocycles. The second kappa shape index (κ2) is 9.62. The maximum atomic E-state index is 12.5. The van der Waals surface area contributed by atoms with Crippen molar-refractivity contribution in [3.8, 4) is 11.5 Å². The van der Waals surface area contributed by atoms with E-state index in [0.29, 0.717) is 17.9 Å². The maximum Gasteiger partial charge on any atom is 0.259 e. The van der Waals surface area contributed by atoms with E-state index in [9.17, 15) is 9.59 Å². The van der Waals surface area contributed by atoms with Gasteiger partial charge in [-0.15, -0.1) is 0 Å². The zero-order valence-corrected chi connectivity index (χ0v) is 16.2. The van der Waals surface area contributed by atoms with E-state index in [-0.39, 0.29) is 18.4 Å². The highest BCUT2D eigenvalue weighted by molar-refractivity contribution is 6.04. The Morgan fingerprint density at radius 1 is 1.04 bits per heavy atom. The van der Waals surface area contributed by atoms with Crippen molar-refractivity contribution in [1.29, 1.82) is 0 Å². The Morgan fingerprint density at radius 2 is 1.78 bits per heavy atom. The van der Waals surface area contributed by atoms with Crippen LogP contribution in [0.2, 0.25) is 0 Å². The second-order valence-corrected chi connectivity index (χ2v) is 6.38. The standard InChI is InChI=1S/C21H26N2O4/c1-5-11-26-18-9-10-19(15(2)12-18)22-21(25)16-7-6-8-17(13-16)27-14-20(24)23(3)4/h6-10,12-13H,5,11,14H2,1-4H3,(H,22,25). The molecule has 0 aliphatic rings. The average Bonchev–Trinajstić information content (AvgIpc) is 2.66. The third kappa shape index (κ3) is 6.02. The molecule has 2 aromatic carbocycles. The van der Waals surface area contributed by atoms with Gasteiger partial charge in [-0.05, 0) is 55.3 Å². The molecule has 1 N–H and O–H groups in total. The fourth-order valence-corrected chi connectivity index (χ4v) is 2.28. The van der Waals surface area contributed by atoms with Crippen molar-refractivity contribution in [3.05, 3.63) is 53.6 Å². The first-order valence-corrected chi connectivity index (χ1v) is 8.88. The van der Waals surface area contributed by atoms with Crippen LogP contribution in [0.3, 0.4) is 0 Å². The van der Waals surface area contributed by atoms with Crippen LogP contribution in [0.1, 0.15) is 29.3 Å². The summed E-state index contributed by atoms with van der Waals surface area (Å²) in [6.45, 7) is 4.56. The molecule has 2 amide bonds. The number of nitrogens with zero attached hydrogens (tertiary/aromatic N) is 1. The van der Waals surface area contributed by atoms with E-state index >= 15 is 0 Å². The van der Waals surface area contributed by atoms with E-state index in [1.807, 2.05) is 25.1 Å². The molecule has 2 aromatic rings. The molecular formula is C21H26N2O4. The summed E-state index contributed by atoms with van der Waals surface area (Å²) in [6, 6.07) is 12.3. The van der Waals surface area contributed by atoms with Crippen LogP contribution in [0.4, 0.5) is 5.69 Å². The Labute approximate surface area is 160 Å². The van der Waals surface area contributed by atoms with Crippen LogP contribution in [-0.4, -0.2) is 44.0 Å². The third-order valence-electron chi connectivity index (χ3n) is 3.88. The van der Waals surface area contributed by atoms with E-state index in [4.69, 9.17) is 9.47 Å². The molecule has 0 aliphatic carbocycles. The highest BCUT2D eigenvalue weighted by Gasteiger charge is 2.11. The Balaban J connectivity index is 2.03. The fraction of sp³-hybridized carbons (Fsp3) is 0.333. The highest BCUT2D eigenvalue weighted by Crippen LogP contribution is 2.23. The molecule has 0 aliphatic heterocycles. The molecule has 0 aromatic heterocycles. The van der Waals surface area contributed by atoms with Gasteiger partial charge in [0.1, 0.15) is 11.5 Å². The summed E-state index contributed by atoms with van der Waals surface area (Å²) in [5.74, 6) is 0.863. The van der Waals surface area contributed by atoms with Crippen LogP contribution in [0.15, 0.2) is 42.5 Å². The minimum Gasteiger partial charge on any atom is -0.494 e. The van der Waals surface area contributed by atoms with E-state index in [2.05, 4.69) is 12.2 Å².